The van der Waals surface area contributed by atoms with Crippen molar-refractivity contribution >= 4 is 11.6 Å². The lowest BCUT2D eigenvalue weighted by Gasteiger charge is -2.10. The number of hydrogen-bond acceptors (Lipinski definition) is 3. The number of rotatable bonds is 3. The Morgan fingerprint density at radius 3 is 2.26 bits per heavy atom. The van der Waals surface area contributed by atoms with Gasteiger partial charge in [-0.3, -0.25) is 0 Å². The van der Waals surface area contributed by atoms with Crippen molar-refractivity contribution < 1.29 is 0 Å². The molecule has 4 nitrogen and oxygen atoms in total. The third-order valence-corrected chi connectivity index (χ3v) is 3.80. The Kier molecular flexibility index (Phi) is 3.90. The summed E-state index contributed by atoms with van der Waals surface area (Å²) < 4.78 is 1.87. The molecule has 0 N–H and O–H groups in total. The first-order valence-electron chi connectivity index (χ1n) is 6.51. The van der Waals surface area contributed by atoms with Gasteiger partial charge < -0.3 is 0 Å². The summed E-state index contributed by atoms with van der Waals surface area (Å²) in [4.78, 5) is 8.93. The third kappa shape index (κ3) is 2.50. The Balaban J connectivity index is 2.63. The SMILES string of the molecule is CCCc1nc(Cl)c(C)c(-n2nc(C)c(C)c2C)n1. The summed E-state index contributed by atoms with van der Waals surface area (Å²) in [5.74, 6) is 1.57. The molecule has 102 valence electrons. The van der Waals surface area contributed by atoms with E-state index in [4.69, 9.17) is 11.6 Å². The lowest BCUT2D eigenvalue weighted by molar-refractivity contribution is 0.757. The lowest BCUT2D eigenvalue weighted by atomic mass is 10.2. The summed E-state index contributed by atoms with van der Waals surface area (Å²) in [6.45, 7) is 10.1. The van der Waals surface area contributed by atoms with E-state index in [1.807, 2.05) is 25.5 Å². The summed E-state index contributed by atoms with van der Waals surface area (Å²) in [6.07, 6.45) is 1.82. The Bertz CT molecular complexity index is 616. The van der Waals surface area contributed by atoms with Crippen molar-refractivity contribution in [3.63, 3.8) is 0 Å². The first kappa shape index (κ1) is 14.0. The van der Waals surface area contributed by atoms with Crippen molar-refractivity contribution in [1.29, 1.82) is 0 Å². The topological polar surface area (TPSA) is 43.6 Å². The molecule has 0 saturated heterocycles. The molecule has 0 amide bonds. The second-order valence-corrected chi connectivity index (χ2v) is 5.19. The third-order valence-electron chi connectivity index (χ3n) is 3.43. The zero-order valence-electron chi connectivity index (χ0n) is 12.1. The fourth-order valence-corrected chi connectivity index (χ4v) is 2.17. The maximum atomic E-state index is 6.21. The molecule has 0 bridgehead atoms. The average molecular weight is 279 g/mol. The molecule has 2 aromatic rings. The average Bonchev–Trinajstić information content (AvgIpc) is 2.62. The van der Waals surface area contributed by atoms with Crippen LogP contribution in [-0.2, 0) is 6.42 Å². The zero-order valence-corrected chi connectivity index (χ0v) is 12.8. The van der Waals surface area contributed by atoms with Crippen molar-refractivity contribution in [3.8, 4) is 5.82 Å². The van der Waals surface area contributed by atoms with Crippen LogP contribution >= 0.6 is 11.6 Å². The van der Waals surface area contributed by atoms with Crippen LogP contribution in [0.4, 0.5) is 0 Å². The molecule has 0 saturated carbocycles. The molecular formula is C14H19ClN4. The van der Waals surface area contributed by atoms with E-state index < -0.39 is 0 Å². The van der Waals surface area contributed by atoms with Gasteiger partial charge in [0.2, 0.25) is 0 Å². The predicted octanol–water partition coefficient (Wildman–Crippen LogP) is 3.50. The highest BCUT2D eigenvalue weighted by molar-refractivity contribution is 6.30. The van der Waals surface area contributed by atoms with Gasteiger partial charge in [-0.15, -0.1) is 0 Å². The highest BCUT2D eigenvalue weighted by Gasteiger charge is 2.15. The second kappa shape index (κ2) is 5.29. The fourth-order valence-electron chi connectivity index (χ4n) is 1.99. The normalized spacial score (nSPS) is 11.1. The Morgan fingerprint density at radius 1 is 1.05 bits per heavy atom. The summed E-state index contributed by atoms with van der Waals surface area (Å²) in [7, 11) is 0. The molecule has 0 fully saturated rings. The molecule has 2 rings (SSSR count). The number of aryl methyl sites for hydroxylation is 2. The second-order valence-electron chi connectivity index (χ2n) is 4.84. The standard InChI is InChI=1S/C14H19ClN4/c1-6-7-12-16-13(15)9(3)14(17-12)19-11(5)8(2)10(4)18-19/h6-7H2,1-5H3. The molecule has 0 aliphatic carbocycles. The zero-order chi connectivity index (χ0) is 14.2. The van der Waals surface area contributed by atoms with Crippen molar-refractivity contribution in [1.82, 2.24) is 19.7 Å². The maximum absolute atomic E-state index is 6.21. The minimum absolute atomic E-state index is 0.513. The van der Waals surface area contributed by atoms with Crippen LogP contribution in [-0.4, -0.2) is 19.7 Å². The summed E-state index contributed by atoms with van der Waals surface area (Å²) in [5.41, 5.74) is 4.17. The van der Waals surface area contributed by atoms with E-state index >= 15 is 0 Å². The highest BCUT2D eigenvalue weighted by atomic mass is 35.5. The smallest absolute Gasteiger partial charge is 0.161 e. The van der Waals surface area contributed by atoms with Crippen LogP contribution in [0.5, 0.6) is 0 Å². The molecule has 5 heteroatoms. The number of nitrogens with zero attached hydrogens (tertiary/aromatic N) is 4. The molecular weight excluding hydrogens is 260 g/mol. The van der Waals surface area contributed by atoms with Gasteiger partial charge in [-0.25, -0.2) is 14.6 Å². The van der Waals surface area contributed by atoms with Crippen molar-refractivity contribution in [3.05, 3.63) is 33.5 Å². The van der Waals surface area contributed by atoms with Crippen LogP contribution in [0.25, 0.3) is 5.82 Å². The quantitative estimate of drug-likeness (QED) is 0.807. The largest absolute Gasteiger partial charge is 0.221 e. The molecule has 2 heterocycles. The molecule has 0 radical (unpaired) electrons. The van der Waals surface area contributed by atoms with Gasteiger partial charge in [0, 0.05) is 17.7 Å². The Hall–Kier alpha value is -1.42. The first-order valence-corrected chi connectivity index (χ1v) is 6.89. The Labute approximate surface area is 118 Å². The number of aromatic nitrogens is 4. The molecule has 19 heavy (non-hydrogen) atoms. The summed E-state index contributed by atoms with van der Waals surface area (Å²) >= 11 is 6.21. The van der Waals surface area contributed by atoms with E-state index in [2.05, 4.69) is 28.9 Å². The van der Waals surface area contributed by atoms with Crippen LogP contribution in [0.2, 0.25) is 5.15 Å². The van der Waals surface area contributed by atoms with Crippen LogP contribution in [0, 0.1) is 27.7 Å². The van der Waals surface area contributed by atoms with E-state index in [-0.39, 0.29) is 0 Å². The van der Waals surface area contributed by atoms with Gasteiger partial charge in [0.1, 0.15) is 11.0 Å². The van der Waals surface area contributed by atoms with Crippen LogP contribution in [0.1, 0.15) is 41.7 Å². The highest BCUT2D eigenvalue weighted by Crippen LogP contribution is 2.22. The molecule has 0 atom stereocenters. The lowest BCUT2D eigenvalue weighted by Crippen LogP contribution is -2.09. The van der Waals surface area contributed by atoms with E-state index in [1.54, 1.807) is 0 Å². The van der Waals surface area contributed by atoms with Gasteiger partial charge in [-0.05, 0) is 39.7 Å². The maximum Gasteiger partial charge on any atom is 0.161 e. The fraction of sp³-hybridized carbons (Fsp3) is 0.500. The minimum Gasteiger partial charge on any atom is -0.221 e. The monoisotopic (exact) mass is 278 g/mol. The van der Waals surface area contributed by atoms with Crippen molar-refractivity contribution in [2.24, 2.45) is 0 Å². The molecule has 0 aliphatic heterocycles. The van der Waals surface area contributed by atoms with Gasteiger partial charge in [0.05, 0.1) is 5.69 Å². The number of halogens is 1. The van der Waals surface area contributed by atoms with Gasteiger partial charge in [-0.2, -0.15) is 5.10 Å². The molecule has 0 unspecified atom stereocenters. The summed E-state index contributed by atoms with van der Waals surface area (Å²) in [6, 6.07) is 0. The summed E-state index contributed by atoms with van der Waals surface area (Å²) in [5, 5.41) is 5.06. The van der Waals surface area contributed by atoms with Crippen LogP contribution in [0.3, 0.4) is 0 Å². The first-order chi connectivity index (χ1) is 8.95. The molecule has 0 spiro atoms. The molecule has 2 aromatic heterocycles. The van der Waals surface area contributed by atoms with Gasteiger partial charge in [-0.1, -0.05) is 18.5 Å². The van der Waals surface area contributed by atoms with E-state index in [0.717, 1.165) is 41.4 Å². The predicted molar refractivity (Wildman–Crippen MR) is 77.1 cm³/mol. The van der Waals surface area contributed by atoms with Crippen molar-refractivity contribution in [2.45, 2.75) is 47.5 Å². The van der Waals surface area contributed by atoms with Crippen molar-refractivity contribution in [2.75, 3.05) is 0 Å². The van der Waals surface area contributed by atoms with E-state index in [9.17, 15) is 0 Å². The van der Waals surface area contributed by atoms with Crippen LogP contribution < -0.4 is 0 Å². The van der Waals surface area contributed by atoms with Gasteiger partial charge in [0.15, 0.2) is 5.82 Å². The number of hydrogen-bond donors (Lipinski definition) is 0. The van der Waals surface area contributed by atoms with Crippen LogP contribution in [0.15, 0.2) is 0 Å². The van der Waals surface area contributed by atoms with Gasteiger partial charge in [0.25, 0.3) is 0 Å². The molecule has 0 aromatic carbocycles. The minimum atomic E-state index is 0.513. The van der Waals surface area contributed by atoms with E-state index in [1.165, 1.54) is 5.56 Å². The molecule has 0 aliphatic rings. The van der Waals surface area contributed by atoms with Gasteiger partial charge >= 0.3 is 0 Å². The van der Waals surface area contributed by atoms with E-state index in [0.29, 0.717) is 5.15 Å². The Morgan fingerprint density at radius 2 is 1.74 bits per heavy atom.